The van der Waals surface area contributed by atoms with Gasteiger partial charge in [-0.05, 0) is 40.2 Å². The maximum absolute atomic E-state index is 6.08. The lowest BCUT2D eigenvalue weighted by molar-refractivity contribution is 1.20. The highest BCUT2D eigenvalue weighted by Gasteiger charge is 2.13. The van der Waals surface area contributed by atoms with Crippen LogP contribution in [-0.4, -0.2) is 9.38 Å². The fourth-order valence-electron chi connectivity index (χ4n) is 1.66. The van der Waals surface area contributed by atoms with Crippen molar-refractivity contribution in [3.63, 3.8) is 0 Å². The van der Waals surface area contributed by atoms with Gasteiger partial charge >= 0.3 is 0 Å². The van der Waals surface area contributed by atoms with E-state index < -0.39 is 0 Å². The van der Waals surface area contributed by atoms with E-state index >= 15 is 0 Å². The zero-order valence-corrected chi connectivity index (χ0v) is 11.7. The number of hydrogen-bond acceptors (Lipinski definition) is 3. The normalized spacial score (nSPS) is 11.2. The lowest BCUT2D eigenvalue weighted by atomic mass is 10.3. The first-order valence-electron chi connectivity index (χ1n) is 4.84. The third kappa shape index (κ3) is 1.84. The highest BCUT2D eigenvalue weighted by Crippen LogP contribution is 2.34. The van der Waals surface area contributed by atoms with E-state index in [1.807, 2.05) is 18.2 Å². The maximum atomic E-state index is 6.08. The number of hydrogen-bond donors (Lipinski definition) is 1. The number of nitrogens with zero attached hydrogens (tertiary/aromatic N) is 2. The lowest BCUT2D eigenvalue weighted by Crippen LogP contribution is -1.93. The molecule has 17 heavy (non-hydrogen) atoms. The highest BCUT2D eigenvalue weighted by atomic mass is 79.9. The average Bonchev–Trinajstić information content (AvgIpc) is 2.84. The summed E-state index contributed by atoms with van der Waals surface area (Å²) >= 11 is 11.0. The number of fused-ring (bicyclic) bond motifs is 1. The first-order chi connectivity index (χ1) is 8.15. The van der Waals surface area contributed by atoms with Gasteiger partial charge in [0.1, 0.15) is 17.2 Å². The highest BCUT2D eigenvalue weighted by molar-refractivity contribution is 9.11. The minimum atomic E-state index is 0.608. The van der Waals surface area contributed by atoms with Crippen LogP contribution < -0.4 is 5.73 Å². The summed E-state index contributed by atoms with van der Waals surface area (Å²) in [5, 5.41) is 0.639. The fourth-order valence-corrected chi connectivity index (χ4v) is 3.20. The van der Waals surface area contributed by atoms with E-state index in [-0.39, 0.29) is 0 Å². The molecule has 0 bridgehead atoms. The minimum absolute atomic E-state index is 0.608. The second-order valence-electron chi connectivity index (χ2n) is 3.52. The first-order valence-corrected chi connectivity index (χ1v) is 6.83. The lowest BCUT2D eigenvalue weighted by Gasteiger charge is -1.97. The summed E-state index contributed by atoms with van der Waals surface area (Å²) in [6.45, 7) is 0. The quantitative estimate of drug-likeness (QED) is 0.732. The van der Waals surface area contributed by atoms with Crippen LogP contribution in [0.2, 0.25) is 5.02 Å². The largest absolute Gasteiger partial charge is 0.383 e. The molecule has 86 valence electrons. The van der Waals surface area contributed by atoms with Gasteiger partial charge in [0.15, 0.2) is 0 Å². The third-order valence-electron chi connectivity index (χ3n) is 2.43. The summed E-state index contributed by atoms with van der Waals surface area (Å²) < 4.78 is 2.85. The zero-order valence-electron chi connectivity index (χ0n) is 8.52. The molecule has 3 rings (SSSR count). The van der Waals surface area contributed by atoms with Crippen LogP contribution in [0.15, 0.2) is 34.2 Å². The van der Waals surface area contributed by atoms with Crippen LogP contribution in [-0.2, 0) is 0 Å². The number of thiophene rings is 1. The number of anilines is 1. The molecule has 0 amide bonds. The Balaban J connectivity index is 2.27. The van der Waals surface area contributed by atoms with Gasteiger partial charge in [0.05, 0.1) is 13.7 Å². The molecule has 2 N–H and O–H groups in total. The number of nitrogens with two attached hydrogens (primary N) is 1. The molecule has 3 nitrogen and oxygen atoms in total. The Morgan fingerprint density at radius 3 is 2.82 bits per heavy atom. The molecular weight excluding hydrogens is 322 g/mol. The Kier molecular flexibility index (Phi) is 2.61. The van der Waals surface area contributed by atoms with Crippen LogP contribution in [0.4, 0.5) is 5.82 Å². The summed E-state index contributed by atoms with van der Waals surface area (Å²) in [5.74, 6) is 0.608. The minimum Gasteiger partial charge on any atom is -0.383 e. The first kappa shape index (κ1) is 11.1. The molecule has 0 aliphatic carbocycles. The Hall–Kier alpha value is -1.04. The second-order valence-corrected chi connectivity index (χ2v) is 6.42. The monoisotopic (exact) mass is 327 g/mol. The van der Waals surface area contributed by atoms with Gasteiger partial charge < -0.3 is 5.73 Å². The molecule has 3 aromatic heterocycles. The summed E-state index contributed by atoms with van der Waals surface area (Å²) in [5.41, 5.74) is 7.67. The zero-order chi connectivity index (χ0) is 12.0. The van der Waals surface area contributed by atoms with Crippen molar-refractivity contribution >= 4 is 50.3 Å². The average molecular weight is 329 g/mol. The summed E-state index contributed by atoms with van der Waals surface area (Å²) in [4.78, 5) is 5.54. The standard InChI is InChI=1S/C11H7BrClN3S/c12-8-3-2-7(17-8)10-11(14)16-5-6(13)1-4-9(16)15-10/h1-5H,14H2. The fraction of sp³-hybridized carbons (Fsp3) is 0. The summed E-state index contributed by atoms with van der Waals surface area (Å²) in [7, 11) is 0. The SMILES string of the molecule is Nc1c(-c2ccc(Br)s2)nc2ccc(Cl)cn12. The number of pyridine rings is 1. The number of rotatable bonds is 1. The van der Waals surface area contributed by atoms with Gasteiger partial charge in [-0.25, -0.2) is 4.98 Å². The Morgan fingerprint density at radius 1 is 1.29 bits per heavy atom. The van der Waals surface area contributed by atoms with Crippen molar-refractivity contribution in [3.8, 4) is 10.6 Å². The summed E-state index contributed by atoms with van der Waals surface area (Å²) in [6.07, 6.45) is 1.77. The molecule has 0 fully saturated rings. The third-order valence-corrected chi connectivity index (χ3v) is 4.28. The van der Waals surface area contributed by atoms with Crippen LogP contribution in [0.5, 0.6) is 0 Å². The van der Waals surface area contributed by atoms with Gasteiger partial charge in [0.2, 0.25) is 0 Å². The van der Waals surface area contributed by atoms with Crippen LogP contribution in [0.25, 0.3) is 16.2 Å². The van der Waals surface area contributed by atoms with Crippen LogP contribution in [0.3, 0.4) is 0 Å². The van der Waals surface area contributed by atoms with Crippen molar-refractivity contribution in [2.75, 3.05) is 5.73 Å². The Labute approximate surface area is 115 Å². The molecule has 0 spiro atoms. The molecular formula is C11H7BrClN3S. The van der Waals surface area contributed by atoms with Crippen LogP contribution in [0.1, 0.15) is 0 Å². The van der Waals surface area contributed by atoms with E-state index in [4.69, 9.17) is 17.3 Å². The summed E-state index contributed by atoms with van der Waals surface area (Å²) in [6, 6.07) is 7.63. The van der Waals surface area contributed by atoms with E-state index in [2.05, 4.69) is 20.9 Å². The smallest absolute Gasteiger partial charge is 0.139 e. The predicted octanol–water partition coefficient (Wildman–Crippen LogP) is 4.06. The Morgan fingerprint density at radius 2 is 2.12 bits per heavy atom. The molecule has 0 aromatic carbocycles. The van der Waals surface area contributed by atoms with Crippen molar-refractivity contribution < 1.29 is 0 Å². The molecule has 0 radical (unpaired) electrons. The van der Waals surface area contributed by atoms with Gasteiger partial charge in [-0.1, -0.05) is 11.6 Å². The number of imidazole rings is 1. The van der Waals surface area contributed by atoms with Gasteiger partial charge in [-0.3, -0.25) is 4.40 Å². The van der Waals surface area contributed by atoms with Gasteiger partial charge in [0.25, 0.3) is 0 Å². The van der Waals surface area contributed by atoms with E-state index in [1.54, 1.807) is 28.0 Å². The van der Waals surface area contributed by atoms with Crippen molar-refractivity contribution in [1.82, 2.24) is 9.38 Å². The van der Waals surface area contributed by atoms with Gasteiger partial charge in [0, 0.05) is 6.20 Å². The number of nitrogen functional groups attached to an aromatic ring is 1. The molecule has 6 heteroatoms. The predicted molar refractivity (Wildman–Crippen MR) is 75.6 cm³/mol. The van der Waals surface area contributed by atoms with E-state index in [0.29, 0.717) is 10.8 Å². The van der Waals surface area contributed by atoms with Crippen LogP contribution >= 0.6 is 38.9 Å². The maximum Gasteiger partial charge on any atom is 0.139 e. The topological polar surface area (TPSA) is 43.3 Å². The van der Waals surface area contributed by atoms with Crippen molar-refractivity contribution in [2.24, 2.45) is 0 Å². The number of aromatic nitrogens is 2. The molecule has 3 aromatic rings. The van der Waals surface area contributed by atoms with Gasteiger partial charge in [-0.2, -0.15) is 0 Å². The van der Waals surface area contributed by atoms with E-state index in [0.717, 1.165) is 20.0 Å². The Bertz CT molecular complexity index is 704. The van der Waals surface area contributed by atoms with E-state index in [9.17, 15) is 0 Å². The van der Waals surface area contributed by atoms with Crippen molar-refractivity contribution in [2.45, 2.75) is 0 Å². The van der Waals surface area contributed by atoms with Crippen molar-refractivity contribution in [1.29, 1.82) is 0 Å². The second kappa shape index (κ2) is 4.01. The molecule has 0 saturated heterocycles. The molecule has 0 saturated carbocycles. The molecule has 0 unspecified atom stereocenters. The molecule has 3 heterocycles. The molecule has 0 aliphatic rings. The molecule has 0 aliphatic heterocycles. The number of halogens is 2. The van der Waals surface area contributed by atoms with Crippen LogP contribution in [0, 0.1) is 0 Å². The van der Waals surface area contributed by atoms with Crippen molar-refractivity contribution in [3.05, 3.63) is 39.3 Å². The van der Waals surface area contributed by atoms with E-state index in [1.165, 1.54) is 0 Å². The van der Waals surface area contributed by atoms with Gasteiger partial charge in [-0.15, -0.1) is 11.3 Å². The molecule has 0 atom stereocenters.